The normalized spacial score (nSPS) is 10.6. The lowest BCUT2D eigenvalue weighted by atomic mass is 10.2. The first-order valence-electron chi connectivity index (χ1n) is 8.71. The summed E-state index contributed by atoms with van der Waals surface area (Å²) in [5.41, 5.74) is 1.04. The van der Waals surface area contributed by atoms with Crippen LogP contribution in [0.1, 0.15) is 35.9 Å². The van der Waals surface area contributed by atoms with Gasteiger partial charge in [0.05, 0.1) is 5.56 Å². The van der Waals surface area contributed by atoms with Gasteiger partial charge in [-0.3, -0.25) is 4.79 Å². The summed E-state index contributed by atoms with van der Waals surface area (Å²) in [4.78, 5) is 12.7. The van der Waals surface area contributed by atoms with Crippen molar-refractivity contribution in [3.63, 3.8) is 0 Å². The van der Waals surface area contributed by atoms with E-state index in [-0.39, 0.29) is 12.5 Å². The van der Waals surface area contributed by atoms with Gasteiger partial charge >= 0.3 is 0 Å². The number of hydrogen-bond donors (Lipinski definition) is 1. The van der Waals surface area contributed by atoms with Crippen LogP contribution in [0.15, 0.2) is 48.5 Å². The number of unbranched alkanes of at least 4 members (excludes halogenated alkanes) is 1. The first-order chi connectivity index (χ1) is 13.2. The van der Waals surface area contributed by atoms with E-state index in [1.807, 2.05) is 30.3 Å². The molecule has 3 rings (SSSR count). The van der Waals surface area contributed by atoms with E-state index in [1.165, 1.54) is 0 Å². The Kier molecular flexibility index (Phi) is 6.38. The van der Waals surface area contributed by atoms with E-state index in [0.717, 1.165) is 19.4 Å². The van der Waals surface area contributed by atoms with Crippen LogP contribution in [0.5, 0.6) is 5.75 Å². The highest BCUT2D eigenvalue weighted by atomic mass is 35.5. The SMILES string of the molecule is CCCCn1nnnc1COc1ccc(Cl)cc1C(=O)Nc1ccccc1. The smallest absolute Gasteiger partial charge is 0.259 e. The topological polar surface area (TPSA) is 81.9 Å². The first kappa shape index (κ1) is 18.8. The van der Waals surface area contributed by atoms with Crippen LogP contribution >= 0.6 is 11.6 Å². The van der Waals surface area contributed by atoms with E-state index in [0.29, 0.717) is 27.8 Å². The average Bonchev–Trinajstić information content (AvgIpc) is 3.13. The second kappa shape index (κ2) is 9.14. The highest BCUT2D eigenvalue weighted by molar-refractivity contribution is 6.31. The van der Waals surface area contributed by atoms with Crippen LogP contribution in [0.4, 0.5) is 5.69 Å². The van der Waals surface area contributed by atoms with Crippen molar-refractivity contribution in [1.29, 1.82) is 0 Å². The zero-order valence-electron chi connectivity index (χ0n) is 14.9. The van der Waals surface area contributed by atoms with E-state index < -0.39 is 0 Å². The van der Waals surface area contributed by atoms with Crippen LogP contribution in [0.2, 0.25) is 5.02 Å². The number of nitrogens with one attached hydrogen (secondary N) is 1. The lowest BCUT2D eigenvalue weighted by molar-refractivity contribution is 0.102. The van der Waals surface area contributed by atoms with Crippen LogP contribution in [-0.4, -0.2) is 26.1 Å². The minimum Gasteiger partial charge on any atom is -0.485 e. The zero-order chi connectivity index (χ0) is 19.1. The number of anilines is 1. The maximum absolute atomic E-state index is 12.7. The molecule has 0 bridgehead atoms. The first-order valence-corrected chi connectivity index (χ1v) is 9.09. The molecular weight excluding hydrogens is 366 g/mol. The average molecular weight is 386 g/mol. The predicted octanol–water partition coefficient (Wildman–Crippen LogP) is 3.96. The van der Waals surface area contributed by atoms with E-state index in [2.05, 4.69) is 27.8 Å². The van der Waals surface area contributed by atoms with Crippen molar-refractivity contribution < 1.29 is 9.53 Å². The van der Waals surface area contributed by atoms with Crippen molar-refractivity contribution in [3.8, 4) is 5.75 Å². The van der Waals surface area contributed by atoms with Crippen molar-refractivity contribution in [2.45, 2.75) is 32.9 Å². The van der Waals surface area contributed by atoms with Gasteiger partial charge < -0.3 is 10.1 Å². The van der Waals surface area contributed by atoms with Gasteiger partial charge in [0.25, 0.3) is 5.91 Å². The molecule has 27 heavy (non-hydrogen) atoms. The van der Waals surface area contributed by atoms with Crippen LogP contribution in [-0.2, 0) is 13.2 Å². The molecule has 0 spiro atoms. The predicted molar refractivity (Wildman–Crippen MR) is 103 cm³/mol. The fourth-order valence-corrected chi connectivity index (χ4v) is 2.65. The molecule has 8 heteroatoms. The standard InChI is InChI=1S/C19H20ClN5O2/c1-2-3-11-25-18(22-23-24-25)13-27-17-10-9-14(20)12-16(17)19(26)21-15-7-5-4-6-8-15/h4-10,12H,2-3,11,13H2,1H3,(H,21,26). The van der Waals surface area contributed by atoms with Crippen molar-refractivity contribution in [1.82, 2.24) is 20.2 Å². The largest absolute Gasteiger partial charge is 0.485 e. The molecule has 1 aromatic heterocycles. The number of aromatic nitrogens is 4. The van der Waals surface area contributed by atoms with Gasteiger partial charge in [-0.1, -0.05) is 43.1 Å². The van der Waals surface area contributed by atoms with Crippen LogP contribution in [0, 0.1) is 0 Å². The number of tetrazole rings is 1. The molecule has 1 N–H and O–H groups in total. The molecule has 0 radical (unpaired) electrons. The van der Waals surface area contributed by atoms with Crippen LogP contribution in [0.25, 0.3) is 0 Å². The number of para-hydroxylation sites is 1. The number of aryl methyl sites for hydroxylation is 1. The molecular formula is C19H20ClN5O2. The number of rotatable bonds is 8. The Labute approximate surface area is 162 Å². The Morgan fingerprint density at radius 1 is 1.22 bits per heavy atom. The number of halogens is 1. The third-order valence-electron chi connectivity index (χ3n) is 3.90. The van der Waals surface area contributed by atoms with Crippen LogP contribution < -0.4 is 10.1 Å². The quantitative estimate of drug-likeness (QED) is 0.634. The van der Waals surface area contributed by atoms with Gasteiger partial charge in [-0.2, -0.15) is 0 Å². The number of hydrogen-bond acceptors (Lipinski definition) is 5. The molecule has 0 aliphatic heterocycles. The molecule has 0 unspecified atom stereocenters. The molecule has 3 aromatic rings. The maximum atomic E-state index is 12.7. The number of carbonyl (C=O) groups is 1. The van der Waals surface area contributed by atoms with E-state index in [9.17, 15) is 4.79 Å². The van der Waals surface area contributed by atoms with E-state index in [1.54, 1.807) is 22.9 Å². The second-order valence-corrected chi connectivity index (χ2v) is 6.36. The lowest BCUT2D eigenvalue weighted by Gasteiger charge is -2.12. The second-order valence-electron chi connectivity index (χ2n) is 5.92. The Hall–Kier alpha value is -2.93. The van der Waals surface area contributed by atoms with Gasteiger partial charge in [-0.15, -0.1) is 5.10 Å². The highest BCUT2D eigenvalue weighted by Crippen LogP contribution is 2.25. The van der Waals surface area contributed by atoms with Gasteiger partial charge in [0.15, 0.2) is 5.82 Å². The third-order valence-corrected chi connectivity index (χ3v) is 4.14. The summed E-state index contributed by atoms with van der Waals surface area (Å²) < 4.78 is 7.54. The highest BCUT2D eigenvalue weighted by Gasteiger charge is 2.15. The number of nitrogens with zero attached hydrogens (tertiary/aromatic N) is 4. The van der Waals surface area contributed by atoms with E-state index in [4.69, 9.17) is 16.3 Å². The molecule has 1 amide bonds. The summed E-state index contributed by atoms with van der Waals surface area (Å²) >= 11 is 6.07. The van der Waals surface area contributed by atoms with Gasteiger partial charge in [-0.05, 0) is 47.2 Å². The lowest BCUT2D eigenvalue weighted by Crippen LogP contribution is -2.15. The molecule has 0 fully saturated rings. The minimum atomic E-state index is -0.302. The number of carbonyl (C=O) groups excluding carboxylic acids is 1. The minimum absolute atomic E-state index is 0.157. The van der Waals surface area contributed by atoms with Gasteiger partial charge in [-0.25, -0.2) is 4.68 Å². The fraction of sp³-hybridized carbons (Fsp3) is 0.263. The summed E-state index contributed by atoms with van der Waals surface area (Å²) in [6.45, 7) is 2.99. The molecule has 1 heterocycles. The molecule has 0 saturated heterocycles. The summed E-state index contributed by atoms with van der Waals surface area (Å²) in [5.74, 6) is 0.718. The molecule has 7 nitrogen and oxygen atoms in total. The van der Waals surface area contributed by atoms with E-state index >= 15 is 0 Å². The van der Waals surface area contributed by atoms with Crippen molar-refractivity contribution in [2.75, 3.05) is 5.32 Å². The van der Waals surface area contributed by atoms with Gasteiger partial charge in [0.2, 0.25) is 0 Å². The third kappa shape index (κ3) is 5.04. The fourth-order valence-electron chi connectivity index (χ4n) is 2.48. The Balaban J connectivity index is 1.74. The maximum Gasteiger partial charge on any atom is 0.259 e. The van der Waals surface area contributed by atoms with Crippen molar-refractivity contribution >= 4 is 23.2 Å². The van der Waals surface area contributed by atoms with Crippen molar-refractivity contribution in [3.05, 3.63) is 64.9 Å². The van der Waals surface area contributed by atoms with Gasteiger partial charge in [0, 0.05) is 17.3 Å². The molecule has 140 valence electrons. The summed E-state index contributed by atoms with van der Waals surface area (Å²) in [7, 11) is 0. The Bertz CT molecular complexity index is 898. The Morgan fingerprint density at radius 2 is 2.04 bits per heavy atom. The molecule has 2 aromatic carbocycles. The van der Waals surface area contributed by atoms with Crippen LogP contribution in [0.3, 0.4) is 0 Å². The van der Waals surface area contributed by atoms with Gasteiger partial charge in [0.1, 0.15) is 12.4 Å². The summed E-state index contributed by atoms with van der Waals surface area (Å²) in [6.07, 6.45) is 2.02. The summed E-state index contributed by atoms with van der Waals surface area (Å²) in [5, 5.41) is 14.9. The number of benzene rings is 2. The summed E-state index contributed by atoms with van der Waals surface area (Å²) in [6, 6.07) is 14.1. The monoisotopic (exact) mass is 385 g/mol. The molecule has 0 atom stereocenters. The number of ether oxygens (including phenoxy) is 1. The Morgan fingerprint density at radius 3 is 2.81 bits per heavy atom. The molecule has 0 saturated carbocycles. The number of amides is 1. The molecule has 0 aliphatic rings. The zero-order valence-corrected chi connectivity index (χ0v) is 15.7. The molecule has 0 aliphatic carbocycles. The van der Waals surface area contributed by atoms with Crippen molar-refractivity contribution in [2.24, 2.45) is 0 Å².